The van der Waals surface area contributed by atoms with E-state index in [-0.39, 0.29) is 17.3 Å². The molecule has 0 fully saturated rings. The van der Waals surface area contributed by atoms with E-state index in [0.29, 0.717) is 0 Å². The molecule has 1 atom stereocenters. The lowest BCUT2D eigenvalue weighted by molar-refractivity contribution is -0.144. The van der Waals surface area contributed by atoms with E-state index in [2.05, 4.69) is 20.8 Å². The van der Waals surface area contributed by atoms with Crippen LogP contribution >= 0.6 is 0 Å². The van der Waals surface area contributed by atoms with Crippen molar-refractivity contribution in [3.8, 4) is 0 Å². The van der Waals surface area contributed by atoms with Gasteiger partial charge in [0.25, 0.3) is 0 Å². The Hall–Kier alpha value is -1.32. The number of rotatable bonds is 4. The first-order valence-corrected chi connectivity index (χ1v) is 6.16. The topological polar surface area (TPSA) is 63.6 Å². The Kier molecular flexibility index (Phi) is 3.89. The minimum atomic E-state index is -0.952. The van der Waals surface area contributed by atoms with E-state index in [1.165, 1.54) is 6.08 Å². The van der Waals surface area contributed by atoms with Crippen molar-refractivity contribution in [2.24, 2.45) is 10.8 Å². The van der Waals surface area contributed by atoms with E-state index in [1.807, 2.05) is 13.8 Å². The monoisotopic (exact) mass is 254 g/mol. The summed E-state index contributed by atoms with van der Waals surface area (Å²) in [5, 5.41) is 8.86. The van der Waals surface area contributed by atoms with Gasteiger partial charge in [-0.25, -0.2) is 4.79 Å². The van der Waals surface area contributed by atoms with E-state index in [4.69, 9.17) is 9.84 Å². The molecule has 0 amide bonds. The molecule has 4 nitrogen and oxygen atoms in total. The van der Waals surface area contributed by atoms with Gasteiger partial charge in [-0.15, -0.1) is 0 Å². The summed E-state index contributed by atoms with van der Waals surface area (Å²) < 4.78 is 5.07. The number of carboxylic acids is 1. The van der Waals surface area contributed by atoms with Gasteiger partial charge < -0.3 is 9.84 Å². The van der Waals surface area contributed by atoms with E-state index < -0.39 is 18.0 Å². The van der Waals surface area contributed by atoms with Crippen LogP contribution in [0.25, 0.3) is 0 Å². The molecule has 1 aliphatic rings. The molecule has 0 saturated heterocycles. The van der Waals surface area contributed by atoms with Crippen LogP contribution in [-0.4, -0.2) is 23.1 Å². The summed E-state index contributed by atoms with van der Waals surface area (Å²) in [6.07, 6.45) is 1.54. The fraction of sp³-hybridized carbons (Fsp3) is 0.714. The third-order valence-corrected chi connectivity index (χ3v) is 2.99. The molecule has 102 valence electrons. The molecule has 0 aliphatic carbocycles. The van der Waals surface area contributed by atoms with Gasteiger partial charge in [0.2, 0.25) is 0 Å². The van der Waals surface area contributed by atoms with Gasteiger partial charge in [0.1, 0.15) is 6.10 Å². The maximum atomic E-state index is 11.4. The molecular formula is C14H22O4. The molecule has 0 radical (unpaired) electrons. The summed E-state index contributed by atoms with van der Waals surface area (Å²) in [4.78, 5) is 22.2. The van der Waals surface area contributed by atoms with E-state index >= 15 is 0 Å². The molecular weight excluding hydrogens is 232 g/mol. The van der Waals surface area contributed by atoms with Crippen LogP contribution in [0.5, 0.6) is 0 Å². The quantitative estimate of drug-likeness (QED) is 0.783. The van der Waals surface area contributed by atoms with Gasteiger partial charge in [-0.05, 0) is 22.8 Å². The van der Waals surface area contributed by atoms with Gasteiger partial charge in [-0.3, -0.25) is 4.79 Å². The number of hydrogen-bond donors (Lipinski definition) is 1. The van der Waals surface area contributed by atoms with Crippen molar-refractivity contribution in [3.05, 3.63) is 11.6 Å². The predicted molar refractivity (Wildman–Crippen MR) is 68.1 cm³/mol. The summed E-state index contributed by atoms with van der Waals surface area (Å²) in [6, 6.07) is 0. The van der Waals surface area contributed by atoms with Crippen molar-refractivity contribution < 1.29 is 19.4 Å². The van der Waals surface area contributed by atoms with Crippen molar-refractivity contribution in [2.75, 3.05) is 0 Å². The fourth-order valence-electron chi connectivity index (χ4n) is 2.83. The van der Waals surface area contributed by atoms with Gasteiger partial charge in [0.05, 0.1) is 6.42 Å². The first kappa shape index (κ1) is 14.7. The normalized spacial score (nSPS) is 20.6. The number of carbonyl (C=O) groups is 2. The zero-order chi connectivity index (χ0) is 14.1. The Balaban J connectivity index is 2.93. The van der Waals surface area contributed by atoms with Gasteiger partial charge in [-0.1, -0.05) is 34.6 Å². The van der Waals surface area contributed by atoms with E-state index in [1.54, 1.807) is 0 Å². The Morgan fingerprint density at radius 3 is 2.33 bits per heavy atom. The molecule has 4 heteroatoms. The first-order chi connectivity index (χ1) is 8.01. The van der Waals surface area contributed by atoms with Gasteiger partial charge in [0, 0.05) is 6.08 Å². The molecule has 0 aromatic carbocycles. The molecule has 1 N–H and O–H groups in total. The average molecular weight is 254 g/mol. The molecule has 1 heterocycles. The van der Waals surface area contributed by atoms with Crippen molar-refractivity contribution in [2.45, 2.75) is 53.6 Å². The number of carbonyl (C=O) groups excluding carboxylic acids is 1. The third-order valence-electron chi connectivity index (χ3n) is 2.99. The molecule has 0 saturated carbocycles. The summed E-state index contributed by atoms with van der Waals surface area (Å²) in [7, 11) is 0. The Labute approximate surface area is 108 Å². The zero-order valence-electron chi connectivity index (χ0n) is 11.7. The highest BCUT2D eigenvalue weighted by atomic mass is 16.5. The first-order valence-electron chi connectivity index (χ1n) is 6.16. The minimum absolute atomic E-state index is 0.101. The lowest BCUT2D eigenvalue weighted by atomic mass is 9.70. The Morgan fingerprint density at radius 1 is 1.33 bits per heavy atom. The maximum absolute atomic E-state index is 11.4. The summed E-state index contributed by atoms with van der Waals surface area (Å²) >= 11 is 0. The molecule has 1 rings (SSSR count). The number of carboxylic acid groups (broad SMARTS) is 1. The summed E-state index contributed by atoms with van der Waals surface area (Å²) in [5.74, 6) is -1.38. The standard InChI is InChI=1S/C14H22O4/c1-13(2,3)8-14(4,5)9-6-12(17)18-10(9)7-11(15)16/h6,10H,7-8H2,1-5H3,(H,15,16). The van der Waals surface area contributed by atoms with Crippen molar-refractivity contribution >= 4 is 11.9 Å². The predicted octanol–water partition coefficient (Wildman–Crippen LogP) is 2.78. The van der Waals surface area contributed by atoms with Crippen LogP contribution in [0, 0.1) is 10.8 Å². The second-order valence-electron chi connectivity index (χ2n) is 6.74. The number of cyclic esters (lactones) is 1. The average Bonchev–Trinajstić information content (AvgIpc) is 2.41. The lowest BCUT2D eigenvalue weighted by Gasteiger charge is -2.35. The van der Waals surface area contributed by atoms with Gasteiger partial charge >= 0.3 is 11.9 Å². The SMILES string of the molecule is CC(C)(C)CC(C)(C)C1=CC(=O)OC1CC(=O)O. The van der Waals surface area contributed by atoms with E-state index in [0.717, 1.165) is 12.0 Å². The molecule has 1 unspecified atom stereocenters. The molecule has 0 aromatic heterocycles. The molecule has 0 bridgehead atoms. The highest BCUT2D eigenvalue weighted by Crippen LogP contribution is 2.43. The van der Waals surface area contributed by atoms with Crippen LogP contribution < -0.4 is 0 Å². The van der Waals surface area contributed by atoms with Crippen molar-refractivity contribution in [1.82, 2.24) is 0 Å². The van der Waals surface area contributed by atoms with Gasteiger partial charge in [-0.2, -0.15) is 0 Å². The van der Waals surface area contributed by atoms with Crippen LogP contribution in [0.2, 0.25) is 0 Å². The third kappa shape index (κ3) is 3.86. The second-order valence-corrected chi connectivity index (χ2v) is 6.74. The zero-order valence-corrected chi connectivity index (χ0v) is 11.7. The number of hydrogen-bond acceptors (Lipinski definition) is 3. The van der Waals surface area contributed by atoms with Crippen LogP contribution in [0.3, 0.4) is 0 Å². The highest BCUT2D eigenvalue weighted by Gasteiger charge is 2.39. The fourth-order valence-corrected chi connectivity index (χ4v) is 2.83. The van der Waals surface area contributed by atoms with Crippen LogP contribution in [0.1, 0.15) is 47.5 Å². The molecule has 0 aromatic rings. The van der Waals surface area contributed by atoms with Crippen LogP contribution in [0.4, 0.5) is 0 Å². The minimum Gasteiger partial charge on any atom is -0.481 e. The summed E-state index contributed by atoms with van der Waals surface area (Å²) in [5.41, 5.74) is 0.652. The van der Waals surface area contributed by atoms with Crippen molar-refractivity contribution in [1.29, 1.82) is 0 Å². The Morgan fingerprint density at radius 2 is 1.89 bits per heavy atom. The smallest absolute Gasteiger partial charge is 0.331 e. The highest BCUT2D eigenvalue weighted by molar-refractivity contribution is 5.87. The number of aliphatic carboxylic acids is 1. The number of esters is 1. The van der Waals surface area contributed by atoms with Crippen molar-refractivity contribution in [3.63, 3.8) is 0 Å². The van der Waals surface area contributed by atoms with Crippen LogP contribution in [-0.2, 0) is 14.3 Å². The number of ether oxygens (including phenoxy) is 1. The summed E-state index contributed by atoms with van der Waals surface area (Å²) in [6.45, 7) is 10.4. The largest absolute Gasteiger partial charge is 0.481 e. The van der Waals surface area contributed by atoms with E-state index in [9.17, 15) is 9.59 Å². The molecule has 0 spiro atoms. The second kappa shape index (κ2) is 4.75. The van der Waals surface area contributed by atoms with Crippen LogP contribution in [0.15, 0.2) is 11.6 Å². The molecule has 18 heavy (non-hydrogen) atoms. The molecule has 1 aliphatic heterocycles. The Bertz CT molecular complexity index is 385. The van der Waals surface area contributed by atoms with Gasteiger partial charge in [0.15, 0.2) is 0 Å². The lowest BCUT2D eigenvalue weighted by Crippen LogP contribution is -2.29. The maximum Gasteiger partial charge on any atom is 0.331 e.